The SMILES string of the molecule is CN[C@@H](CCc1ccc(C(=O)O)cc1)C(=O)O. The second-order valence-corrected chi connectivity index (χ2v) is 3.72. The molecule has 5 heteroatoms. The number of carboxylic acids is 2. The maximum atomic E-state index is 10.8. The summed E-state index contributed by atoms with van der Waals surface area (Å²) in [6.07, 6.45) is 1.07. The minimum absolute atomic E-state index is 0.233. The molecule has 0 aliphatic heterocycles. The van der Waals surface area contributed by atoms with Crippen LogP contribution in [0.4, 0.5) is 0 Å². The van der Waals surface area contributed by atoms with Crippen LogP contribution in [-0.4, -0.2) is 35.2 Å². The van der Waals surface area contributed by atoms with Gasteiger partial charge < -0.3 is 15.5 Å². The highest BCUT2D eigenvalue weighted by Crippen LogP contribution is 2.08. The van der Waals surface area contributed by atoms with E-state index in [9.17, 15) is 9.59 Å². The van der Waals surface area contributed by atoms with Crippen molar-refractivity contribution in [3.05, 3.63) is 35.4 Å². The number of likely N-dealkylation sites (N-methyl/N-ethyl adjacent to an activating group) is 1. The van der Waals surface area contributed by atoms with Crippen LogP contribution in [0.1, 0.15) is 22.3 Å². The highest BCUT2D eigenvalue weighted by Gasteiger charge is 2.14. The number of benzene rings is 1. The predicted octanol–water partition coefficient (Wildman–Crippen LogP) is 0.990. The van der Waals surface area contributed by atoms with Gasteiger partial charge in [-0.25, -0.2) is 4.79 Å². The summed E-state index contributed by atoms with van der Waals surface area (Å²) in [5.74, 6) is -1.84. The van der Waals surface area contributed by atoms with Crippen LogP contribution in [0.2, 0.25) is 0 Å². The average molecular weight is 237 g/mol. The Hall–Kier alpha value is -1.88. The molecule has 0 amide bonds. The van der Waals surface area contributed by atoms with Crippen molar-refractivity contribution < 1.29 is 19.8 Å². The molecule has 0 saturated heterocycles. The summed E-state index contributed by atoms with van der Waals surface area (Å²) in [5, 5.41) is 20.3. The molecule has 0 bridgehead atoms. The molecule has 0 fully saturated rings. The molecule has 1 aromatic rings. The molecule has 92 valence electrons. The van der Waals surface area contributed by atoms with E-state index in [0.29, 0.717) is 12.8 Å². The van der Waals surface area contributed by atoms with Gasteiger partial charge in [-0.1, -0.05) is 12.1 Å². The van der Waals surface area contributed by atoms with Crippen LogP contribution in [0, 0.1) is 0 Å². The maximum Gasteiger partial charge on any atom is 0.335 e. The quantitative estimate of drug-likeness (QED) is 0.686. The van der Waals surface area contributed by atoms with E-state index in [-0.39, 0.29) is 5.56 Å². The normalized spacial score (nSPS) is 12.1. The molecule has 5 nitrogen and oxygen atoms in total. The van der Waals surface area contributed by atoms with Crippen LogP contribution < -0.4 is 5.32 Å². The van der Waals surface area contributed by atoms with E-state index in [1.54, 1.807) is 19.2 Å². The lowest BCUT2D eigenvalue weighted by Gasteiger charge is -2.10. The van der Waals surface area contributed by atoms with Crippen LogP contribution in [-0.2, 0) is 11.2 Å². The van der Waals surface area contributed by atoms with Crippen LogP contribution in [0.3, 0.4) is 0 Å². The van der Waals surface area contributed by atoms with Gasteiger partial charge in [0.1, 0.15) is 6.04 Å². The van der Waals surface area contributed by atoms with E-state index in [0.717, 1.165) is 5.56 Å². The van der Waals surface area contributed by atoms with Crippen LogP contribution >= 0.6 is 0 Å². The van der Waals surface area contributed by atoms with Gasteiger partial charge in [0, 0.05) is 0 Å². The highest BCUT2D eigenvalue weighted by atomic mass is 16.4. The van der Waals surface area contributed by atoms with Crippen LogP contribution in [0.5, 0.6) is 0 Å². The first-order valence-electron chi connectivity index (χ1n) is 5.27. The van der Waals surface area contributed by atoms with Gasteiger partial charge in [-0.05, 0) is 37.6 Å². The fourth-order valence-corrected chi connectivity index (χ4v) is 1.52. The molecule has 0 spiro atoms. The van der Waals surface area contributed by atoms with Crippen molar-refractivity contribution in [1.82, 2.24) is 5.32 Å². The van der Waals surface area contributed by atoms with Crippen molar-refractivity contribution in [2.24, 2.45) is 0 Å². The van der Waals surface area contributed by atoms with Gasteiger partial charge in [-0.3, -0.25) is 4.79 Å². The first kappa shape index (κ1) is 13.2. The average Bonchev–Trinajstić information content (AvgIpc) is 2.30. The Bertz CT molecular complexity index is 399. The third-order valence-corrected chi connectivity index (χ3v) is 2.57. The highest BCUT2D eigenvalue weighted by molar-refractivity contribution is 5.87. The number of aryl methyl sites for hydroxylation is 1. The number of carboxylic acid groups (broad SMARTS) is 2. The second-order valence-electron chi connectivity index (χ2n) is 3.72. The van der Waals surface area contributed by atoms with Crippen molar-refractivity contribution in [2.45, 2.75) is 18.9 Å². The Balaban J connectivity index is 2.58. The van der Waals surface area contributed by atoms with E-state index >= 15 is 0 Å². The Morgan fingerprint density at radius 3 is 2.24 bits per heavy atom. The fourth-order valence-electron chi connectivity index (χ4n) is 1.52. The van der Waals surface area contributed by atoms with E-state index in [1.165, 1.54) is 12.1 Å². The van der Waals surface area contributed by atoms with Crippen molar-refractivity contribution in [3.63, 3.8) is 0 Å². The van der Waals surface area contributed by atoms with Gasteiger partial charge in [-0.15, -0.1) is 0 Å². The third kappa shape index (κ3) is 3.88. The van der Waals surface area contributed by atoms with E-state index in [2.05, 4.69) is 5.32 Å². The molecule has 0 saturated carbocycles. The fraction of sp³-hybridized carbons (Fsp3) is 0.333. The van der Waals surface area contributed by atoms with E-state index < -0.39 is 18.0 Å². The number of aromatic carboxylic acids is 1. The smallest absolute Gasteiger partial charge is 0.335 e. The zero-order valence-corrected chi connectivity index (χ0v) is 9.51. The molecule has 0 aromatic heterocycles. The van der Waals surface area contributed by atoms with Crippen molar-refractivity contribution in [3.8, 4) is 0 Å². The molecule has 0 radical (unpaired) electrons. The largest absolute Gasteiger partial charge is 0.480 e. The lowest BCUT2D eigenvalue weighted by atomic mass is 10.0. The Morgan fingerprint density at radius 2 is 1.82 bits per heavy atom. The summed E-state index contributed by atoms with van der Waals surface area (Å²) in [4.78, 5) is 21.4. The van der Waals surface area contributed by atoms with Crippen molar-refractivity contribution >= 4 is 11.9 Å². The van der Waals surface area contributed by atoms with Gasteiger partial charge in [-0.2, -0.15) is 0 Å². The minimum Gasteiger partial charge on any atom is -0.480 e. The Morgan fingerprint density at radius 1 is 1.24 bits per heavy atom. The second kappa shape index (κ2) is 6.00. The zero-order chi connectivity index (χ0) is 12.8. The number of nitrogens with one attached hydrogen (secondary N) is 1. The van der Waals surface area contributed by atoms with Gasteiger partial charge in [0.15, 0.2) is 0 Å². The predicted molar refractivity (Wildman–Crippen MR) is 62.2 cm³/mol. The summed E-state index contributed by atoms with van der Waals surface area (Å²) in [7, 11) is 1.60. The molecule has 0 unspecified atom stereocenters. The number of hydrogen-bond acceptors (Lipinski definition) is 3. The molecule has 3 N–H and O–H groups in total. The standard InChI is InChI=1S/C12H15NO4/c1-13-10(12(16)17)7-4-8-2-5-9(6-3-8)11(14)15/h2-3,5-6,10,13H,4,7H2,1H3,(H,14,15)(H,16,17)/t10-/m0/s1. The Labute approximate surface area is 99.1 Å². The van der Waals surface area contributed by atoms with Crippen molar-refractivity contribution in [1.29, 1.82) is 0 Å². The molecule has 0 aliphatic carbocycles. The zero-order valence-electron chi connectivity index (χ0n) is 9.51. The summed E-state index contributed by atoms with van der Waals surface area (Å²) in [5.41, 5.74) is 1.16. The molecule has 1 atom stereocenters. The molecule has 17 heavy (non-hydrogen) atoms. The molecular weight excluding hydrogens is 222 g/mol. The maximum absolute atomic E-state index is 10.8. The molecular formula is C12H15NO4. The number of aliphatic carboxylic acids is 1. The van der Waals surface area contributed by atoms with Crippen LogP contribution in [0.15, 0.2) is 24.3 Å². The number of rotatable bonds is 6. The molecule has 1 aromatic carbocycles. The summed E-state index contributed by atoms with van der Waals surface area (Å²) >= 11 is 0. The van der Waals surface area contributed by atoms with Gasteiger partial charge >= 0.3 is 11.9 Å². The lowest BCUT2D eigenvalue weighted by Crippen LogP contribution is -2.34. The van der Waals surface area contributed by atoms with Crippen LogP contribution in [0.25, 0.3) is 0 Å². The van der Waals surface area contributed by atoms with Crippen molar-refractivity contribution in [2.75, 3.05) is 7.05 Å². The summed E-state index contributed by atoms with van der Waals surface area (Å²) in [6.45, 7) is 0. The van der Waals surface area contributed by atoms with Gasteiger partial charge in [0.25, 0.3) is 0 Å². The van der Waals surface area contributed by atoms with Gasteiger partial charge in [0.05, 0.1) is 5.56 Å². The topological polar surface area (TPSA) is 86.6 Å². The number of hydrogen-bond donors (Lipinski definition) is 3. The summed E-state index contributed by atoms with van der Waals surface area (Å²) in [6, 6.07) is 5.88. The number of carbonyl (C=O) groups is 2. The van der Waals surface area contributed by atoms with E-state index in [4.69, 9.17) is 10.2 Å². The monoisotopic (exact) mass is 237 g/mol. The third-order valence-electron chi connectivity index (χ3n) is 2.57. The van der Waals surface area contributed by atoms with E-state index in [1.807, 2.05) is 0 Å². The molecule has 0 heterocycles. The summed E-state index contributed by atoms with van der Waals surface area (Å²) < 4.78 is 0. The first-order valence-corrected chi connectivity index (χ1v) is 5.27. The minimum atomic E-state index is -0.963. The molecule has 0 aliphatic rings. The lowest BCUT2D eigenvalue weighted by molar-refractivity contribution is -0.139. The van der Waals surface area contributed by atoms with Gasteiger partial charge in [0.2, 0.25) is 0 Å². The molecule has 1 rings (SSSR count). The first-order chi connectivity index (χ1) is 8.04. The Kier molecular flexibility index (Phi) is 4.66.